The minimum absolute atomic E-state index is 0. The Hall–Kier alpha value is -0.880. The first-order valence-electron chi connectivity index (χ1n) is 4.08. The second-order valence-electron chi connectivity index (χ2n) is 2.71. The molecule has 15 heavy (non-hydrogen) atoms. The smallest absolute Gasteiger partial charge is 0.319 e. The highest BCUT2D eigenvalue weighted by Gasteiger charge is 2.32. The summed E-state index contributed by atoms with van der Waals surface area (Å²) >= 11 is 0. The molecule has 0 aliphatic heterocycles. The van der Waals surface area contributed by atoms with Crippen LogP contribution in [0.1, 0.15) is 11.5 Å². The lowest BCUT2D eigenvalue weighted by Gasteiger charge is -2.06. The van der Waals surface area contributed by atoms with E-state index in [1.54, 1.807) is 7.05 Å². The van der Waals surface area contributed by atoms with Gasteiger partial charge in [0.2, 0.25) is 0 Å². The monoisotopic (exact) mass is 241 g/mol. The Kier molecular flexibility index (Phi) is 5.53. The fraction of sp³-hybridized carbons (Fsp3) is 0.500. The van der Waals surface area contributed by atoms with Crippen molar-refractivity contribution in [3.63, 3.8) is 0 Å². The second-order valence-corrected chi connectivity index (χ2v) is 2.71. The molecule has 0 amide bonds. The summed E-state index contributed by atoms with van der Waals surface area (Å²) in [5.41, 5.74) is -0.890. The summed E-state index contributed by atoms with van der Waals surface area (Å²) < 4.78 is 36.6. The number of aromatic nitrogens is 2. The molecule has 1 aromatic rings. The van der Waals surface area contributed by atoms with Crippen molar-refractivity contribution in [3.05, 3.63) is 23.8 Å². The van der Waals surface area contributed by atoms with Crippen LogP contribution in [0, 0.1) is 0 Å². The van der Waals surface area contributed by atoms with Gasteiger partial charge in [-0.3, -0.25) is 0 Å². The zero-order valence-electron chi connectivity index (χ0n) is 8.01. The minimum atomic E-state index is -4.39. The molecule has 0 saturated heterocycles. The van der Waals surface area contributed by atoms with E-state index in [0.29, 0.717) is 13.0 Å². The maximum atomic E-state index is 12.2. The topological polar surface area (TPSA) is 37.8 Å². The summed E-state index contributed by atoms with van der Waals surface area (Å²) in [5.74, 6) is 0.203. The summed E-state index contributed by atoms with van der Waals surface area (Å²) in [5, 5.41) is 2.81. The number of alkyl halides is 3. The van der Waals surface area contributed by atoms with Crippen LogP contribution in [0.15, 0.2) is 12.3 Å². The van der Waals surface area contributed by atoms with E-state index in [2.05, 4.69) is 15.3 Å². The molecule has 0 saturated carbocycles. The van der Waals surface area contributed by atoms with Crippen LogP contribution in [0.2, 0.25) is 0 Å². The molecule has 0 atom stereocenters. The fourth-order valence-corrected chi connectivity index (χ4v) is 0.914. The van der Waals surface area contributed by atoms with Crippen molar-refractivity contribution in [2.45, 2.75) is 12.6 Å². The van der Waals surface area contributed by atoms with Crippen LogP contribution in [0.5, 0.6) is 0 Å². The first kappa shape index (κ1) is 14.1. The number of likely N-dealkylation sites (N-methyl/N-ethyl adjacent to an activating group) is 1. The highest BCUT2D eigenvalue weighted by Crippen LogP contribution is 2.26. The van der Waals surface area contributed by atoms with E-state index in [9.17, 15) is 13.2 Å². The molecule has 0 spiro atoms. The third-order valence-electron chi connectivity index (χ3n) is 1.59. The molecule has 0 fully saturated rings. The van der Waals surface area contributed by atoms with Gasteiger partial charge in [0.1, 0.15) is 11.5 Å². The standard InChI is InChI=1S/C8H10F3N3.ClH/c1-12-4-3-7-13-5-2-6(14-7)8(9,10)11;/h2,5,12H,3-4H2,1H3;1H. The number of nitrogens with one attached hydrogen (secondary N) is 1. The van der Waals surface area contributed by atoms with Gasteiger partial charge in [-0.05, 0) is 13.1 Å². The number of nitrogens with zero attached hydrogens (tertiary/aromatic N) is 2. The average Bonchev–Trinajstić information content (AvgIpc) is 2.14. The third-order valence-corrected chi connectivity index (χ3v) is 1.59. The predicted molar refractivity (Wildman–Crippen MR) is 51.9 cm³/mol. The van der Waals surface area contributed by atoms with Crippen molar-refractivity contribution in [2.75, 3.05) is 13.6 Å². The van der Waals surface area contributed by atoms with E-state index >= 15 is 0 Å². The zero-order chi connectivity index (χ0) is 10.6. The Bertz CT molecular complexity index is 303. The highest BCUT2D eigenvalue weighted by molar-refractivity contribution is 5.85. The molecule has 0 radical (unpaired) electrons. The Morgan fingerprint density at radius 2 is 2.07 bits per heavy atom. The van der Waals surface area contributed by atoms with E-state index in [-0.39, 0.29) is 18.2 Å². The first-order valence-corrected chi connectivity index (χ1v) is 4.08. The van der Waals surface area contributed by atoms with Gasteiger partial charge in [0, 0.05) is 19.2 Å². The van der Waals surface area contributed by atoms with Gasteiger partial charge in [-0.25, -0.2) is 9.97 Å². The van der Waals surface area contributed by atoms with Crippen LogP contribution in [0.25, 0.3) is 0 Å². The molecule has 0 aliphatic rings. The van der Waals surface area contributed by atoms with Crippen molar-refractivity contribution in [2.24, 2.45) is 0 Å². The summed E-state index contributed by atoms with van der Waals surface area (Å²) in [6, 6.07) is 0.864. The van der Waals surface area contributed by atoms with Gasteiger partial charge in [-0.1, -0.05) is 0 Å². The van der Waals surface area contributed by atoms with E-state index < -0.39 is 11.9 Å². The molecule has 86 valence electrons. The summed E-state index contributed by atoms with van der Waals surface area (Å²) in [6.07, 6.45) is -2.88. The van der Waals surface area contributed by atoms with E-state index in [4.69, 9.17) is 0 Å². The Labute approximate surface area is 91.5 Å². The lowest BCUT2D eigenvalue weighted by Crippen LogP contribution is -2.15. The normalized spacial score (nSPS) is 10.9. The van der Waals surface area contributed by atoms with Crippen LogP contribution in [-0.4, -0.2) is 23.6 Å². The van der Waals surface area contributed by atoms with E-state index in [1.807, 2.05) is 0 Å². The van der Waals surface area contributed by atoms with Crippen molar-refractivity contribution >= 4 is 12.4 Å². The molecule has 3 nitrogen and oxygen atoms in total. The van der Waals surface area contributed by atoms with Gasteiger partial charge in [0.15, 0.2) is 0 Å². The zero-order valence-corrected chi connectivity index (χ0v) is 8.82. The summed E-state index contributed by atoms with van der Waals surface area (Å²) in [7, 11) is 1.72. The summed E-state index contributed by atoms with van der Waals surface area (Å²) in [4.78, 5) is 7.14. The van der Waals surface area contributed by atoms with Crippen molar-refractivity contribution < 1.29 is 13.2 Å². The molecule has 0 aromatic carbocycles. The number of rotatable bonds is 3. The maximum absolute atomic E-state index is 12.2. The van der Waals surface area contributed by atoms with Gasteiger partial charge in [-0.15, -0.1) is 12.4 Å². The van der Waals surface area contributed by atoms with Crippen molar-refractivity contribution in [1.82, 2.24) is 15.3 Å². The maximum Gasteiger partial charge on any atom is 0.433 e. The van der Waals surface area contributed by atoms with Gasteiger partial charge in [0.25, 0.3) is 0 Å². The predicted octanol–water partition coefficient (Wildman–Crippen LogP) is 1.68. The molecular weight excluding hydrogens is 231 g/mol. The Morgan fingerprint density at radius 3 is 2.60 bits per heavy atom. The van der Waals surface area contributed by atoms with Crippen LogP contribution < -0.4 is 5.32 Å². The molecule has 1 rings (SSSR count). The number of halogens is 4. The van der Waals surface area contributed by atoms with E-state index in [1.165, 1.54) is 0 Å². The van der Waals surface area contributed by atoms with Gasteiger partial charge in [0.05, 0.1) is 0 Å². The quantitative estimate of drug-likeness (QED) is 0.875. The number of hydrogen-bond donors (Lipinski definition) is 1. The first-order chi connectivity index (χ1) is 6.54. The Balaban J connectivity index is 0.00000196. The van der Waals surface area contributed by atoms with E-state index in [0.717, 1.165) is 12.3 Å². The van der Waals surface area contributed by atoms with Gasteiger partial charge in [-0.2, -0.15) is 13.2 Å². The molecule has 1 N–H and O–H groups in total. The molecule has 0 unspecified atom stereocenters. The van der Waals surface area contributed by atoms with Crippen molar-refractivity contribution in [3.8, 4) is 0 Å². The molecule has 1 aromatic heterocycles. The van der Waals surface area contributed by atoms with Gasteiger partial charge < -0.3 is 5.32 Å². The van der Waals surface area contributed by atoms with Gasteiger partial charge >= 0.3 is 6.18 Å². The fourth-order valence-electron chi connectivity index (χ4n) is 0.914. The second kappa shape index (κ2) is 5.87. The molecule has 0 aliphatic carbocycles. The van der Waals surface area contributed by atoms with Crippen LogP contribution >= 0.6 is 12.4 Å². The highest BCUT2D eigenvalue weighted by atomic mass is 35.5. The lowest BCUT2D eigenvalue weighted by molar-refractivity contribution is -0.141. The average molecular weight is 242 g/mol. The minimum Gasteiger partial charge on any atom is -0.319 e. The third kappa shape index (κ3) is 4.44. The Morgan fingerprint density at radius 1 is 1.40 bits per heavy atom. The number of hydrogen-bond acceptors (Lipinski definition) is 3. The van der Waals surface area contributed by atoms with Crippen molar-refractivity contribution in [1.29, 1.82) is 0 Å². The largest absolute Gasteiger partial charge is 0.433 e. The molecular formula is C8H11ClF3N3. The molecule has 1 heterocycles. The molecule has 7 heteroatoms. The molecule has 0 bridgehead atoms. The van der Waals surface area contributed by atoms with Crippen LogP contribution in [-0.2, 0) is 12.6 Å². The summed E-state index contributed by atoms with van der Waals surface area (Å²) in [6.45, 7) is 0.557. The SMILES string of the molecule is CNCCc1nccc(C(F)(F)F)n1.Cl. The lowest BCUT2D eigenvalue weighted by atomic mass is 10.3. The van der Waals surface area contributed by atoms with Crippen LogP contribution in [0.4, 0.5) is 13.2 Å². The van der Waals surface area contributed by atoms with Crippen LogP contribution in [0.3, 0.4) is 0 Å².